The van der Waals surface area contributed by atoms with Gasteiger partial charge in [0, 0.05) is 25.1 Å². The van der Waals surface area contributed by atoms with E-state index < -0.39 is 11.6 Å². The highest BCUT2D eigenvalue weighted by atomic mass is 32.2. The van der Waals surface area contributed by atoms with Gasteiger partial charge in [-0.3, -0.25) is 9.69 Å². The van der Waals surface area contributed by atoms with Crippen molar-refractivity contribution < 1.29 is 14.7 Å². The number of urea groups is 1. The summed E-state index contributed by atoms with van der Waals surface area (Å²) >= 11 is 1.80. The van der Waals surface area contributed by atoms with Gasteiger partial charge >= 0.3 is 6.03 Å². The van der Waals surface area contributed by atoms with Gasteiger partial charge in [0.2, 0.25) is 0 Å². The molecule has 1 heterocycles. The second-order valence-corrected chi connectivity index (χ2v) is 7.03. The number of carbonyl (C=O) groups excluding carboxylic acids is 2. The summed E-state index contributed by atoms with van der Waals surface area (Å²) in [5.74, 6) is 1.68. The molecule has 2 fully saturated rings. The topological polar surface area (TPSA) is 69.6 Å². The Morgan fingerprint density at radius 1 is 1.27 bits per heavy atom. The largest absolute Gasteiger partial charge is 0.393 e. The van der Waals surface area contributed by atoms with Crippen molar-refractivity contribution in [3.05, 3.63) is 35.9 Å². The number of benzene rings is 1. The van der Waals surface area contributed by atoms with E-state index >= 15 is 0 Å². The average molecular weight is 320 g/mol. The van der Waals surface area contributed by atoms with Gasteiger partial charge in [0.1, 0.15) is 5.54 Å². The van der Waals surface area contributed by atoms with Crippen LogP contribution in [0.1, 0.15) is 24.8 Å². The molecule has 0 bridgehead atoms. The van der Waals surface area contributed by atoms with E-state index in [4.69, 9.17) is 0 Å². The smallest absolute Gasteiger partial charge is 0.325 e. The molecule has 1 aromatic rings. The van der Waals surface area contributed by atoms with Crippen LogP contribution >= 0.6 is 11.8 Å². The molecule has 5 nitrogen and oxygen atoms in total. The van der Waals surface area contributed by atoms with Gasteiger partial charge in [-0.15, -0.1) is 0 Å². The third kappa shape index (κ3) is 2.98. The Bertz CT molecular complexity index is 558. The van der Waals surface area contributed by atoms with E-state index in [-0.39, 0.29) is 11.9 Å². The van der Waals surface area contributed by atoms with Gasteiger partial charge in [-0.25, -0.2) is 4.79 Å². The lowest BCUT2D eigenvalue weighted by Gasteiger charge is -2.39. The van der Waals surface area contributed by atoms with Crippen molar-refractivity contribution in [1.82, 2.24) is 10.2 Å². The molecule has 1 saturated heterocycles. The van der Waals surface area contributed by atoms with Crippen molar-refractivity contribution in [2.75, 3.05) is 12.3 Å². The second-order valence-electron chi connectivity index (χ2n) is 5.92. The Labute approximate surface area is 134 Å². The molecule has 0 atom stereocenters. The van der Waals surface area contributed by atoms with E-state index in [9.17, 15) is 14.7 Å². The van der Waals surface area contributed by atoms with E-state index in [1.807, 2.05) is 18.2 Å². The molecule has 3 rings (SSSR count). The van der Waals surface area contributed by atoms with Gasteiger partial charge in [-0.1, -0.05) is 30.3 Å². The first-order valence-corrected chi connectivity index (χ1v) is 8.70. The zero-order valence-electron chi connectivity index (χ0n) is 12.3. The lowest BCUT2D eigenvalue weighted by atomic mass is 9.74. The van der Waals surface area contributed by atoms with Crippen molar-refractivity contribution in [1.29, 1.82) is 0 Å². The fourth-order valence-corrected chi connectivity index (χ4v) is 3.90. The van der Waals surface area contributed by atoms with Crippen LogP contribution in [-0.4, -0.2) is 45.9 Å². The van der Waals surface area contributed by atoms with Crippen molar-refractivity contribution in [2.24, 2.45) is 0 Å². The number of hydrogen-bond donors (Lipinski definition) is 2. The minimum absolute atomic E-state index is 0.171. The molecular weight excluding hydrogens is 300 g/mol. The Morgan fingerprint density at radius 3 is 2.68 bits per heavy atom. The second kappa shape index (κ2) is 6.30. The molecule has 1 aliphatic carbocycles. The van der Waals surface area contributed by atoms with Crippen LogP contribution in [0.4, 0.5) is 4.79 Å². The highest BCUT2D eigenvalue weighted by Gasteiger charge is 2.58. The Balaban J connectivity index is 1.40. The van der Waals surface area contributed by atoms with E-state index in [1.165, 1.54) is 10.5 Å². The number of aliphatic hydroxyl groups excluding tert-OH is 1. The predicted octanol–water partition coefficient (Wildman–Crippen LogP) is 1.76. The van der Waals surface area contributed by atoms with Crippen molar-refractivity contribution in [3.63, 3.8) is 0 Å². The summed E-state index contributed by atoms with van der Waals surface area (Å²) in [6.45, 7) is 0.449. The summed E-state index contributed by atoms with van der Waals surface area (Å²) in [6.07, 6.45) is 1.01. The van der Waals surface area contributed by atoms with Crippen LogP contribution in [0.15, 0.2) is 30.3 Å². The fraction of sp³-hybridized carbons (Fsp3) is 0.500. The minimum Gasteiger partial charge on any atom is -0.393 e. The number of nitrogens with zero attached hydrogens (tertiary/aromatic N) is 1. The number of amides is 3. The van der Waals surface area contributed by atoms with Gasteiger partial charge in [-0.05, 0) is 17.7 Å². The number of aliphatic hydroxyl groups is 1. The minimum atomic E-state index is -0.812. The van der Waals surface area contributed by atoms with Gasteiger partial charge < -0.3 is 10.4 Å². The van der Waals surface area contributed by atoms with Gasteiger partial charge in [0.15, 0.2) is 0 Å². The number of thioether (sulfide) groups is 1. The summed E-state index contributed by atoms with van der Waals surface area (Å²) in [4.78, 5) is 25.5. The summed E-state index contributed by atoms with van der Waals surface area (Å²) in [7, 11) is 0. The highest BCUT2D eigenvalue weighted by molar-refractivity contribution is 7.98. The van der Waals surface area contributed by atoms with Crippen LogP contribution in [-0.2, 0) is 10.5 Å². The van der Waals surface area contributed by atoms with Crippen LogP contribution < -0.4 is 5.32 Å². The maximum Gasteiger partial charge on any atom is 0.325 e. The standard InChI is InChI=1S/C16H20N2O3S/c19-13-9-16(10-13)14(20)18(15(21)17-16)7-4-8-22-11-12-5-2-1-3-6-12/h1-3,5-6,13,19H,4,7-11H2,(H,17,21). The van der Waals surface area contributed by atoms with Crippen molar-refractivity contribution in [3.8, 4) is 0 Å². The van der Waals surface area contributed by atoms with Crippen LogP contribution in [0.2, 0.25) is 0 Å². The number of rotatable bonds is 6. The molecule has 1 aliphatic heterocycles. The zero-order chi connectivity index (χ0) is 15.6. The maximum absolute atomic E-state index is 12.3. The fourth-order valence-electron chi connectivity index (χ4n) is 2.99. The van der Waals surface area contributed by atoms with E-state index in [0.717, 1.165) is 17.9 Å². The lowest BCUT2D eigenvalue weighted by Crippen LogP contribution is -2.59. The number of nitrogens with one attached hydrogen (secondary N) is 1. The first-order valence-electron chi connectivity index (χ1n) is 7.55. The summed E-state index contributed by atoms with van der Waals surface area (Å²) in [5, 5.41) is 12.1. The molecule has 0 aromatic heterocycles. The monoisotopic (exact) mass is 320 g/mol. The van der Waals surface area contributed by atoms with Crippen LogP contribution in [0.25, 0.3) is 0 Å². The van der Waals surface area contributed by atoms with Crippen LogP contribution in [0, 0.1) is 0 Å². The Hall–Kier alpha value is -1.53. The average Bonchev–Trinajstić information content (AvgIpc) is 2.72. The molecule has 2 N–H and O–H groups in total. The molecule has 1 spiro atoms. The molecular formula is C16H20N2O3S. The number of carbonyl (C=O) groups is 2. The molecule has 1 aromatic carbocycles. The van der Waals surface area contributed by atoms with Crippen molar-refractivity contribution in [2.45, 2.75) is 36.7 Å². The molecule has 2 aliphatic rings. The van der Waals surface area contributed by atoms with Crippen molar-refractivity contribution >= 4 is 23.7 Å². The summed E-state index contributed by atoms with van der Waals surface area (Å²) in [6, 6.07) is 9.92. The molecule has 118 valence electrons. The molecule has 3 amide bonds. The van der Waals surface area contributed by atoms with Crippen LogP contribution in [0.3, 0.4) is 0 Å². The number of hydrogen-bond acceptors (Lipinski definition) is 4. The third-order valence-corrected chi connectivity index (χ3v) is 5.31. The third-order valence-electron chi connectivity index (χ3n) is 4.20. The maximum atomic E-state index is 12.3. The van der Waals surface area contributed by atoms with Crippen LogP contribution in [0.5, 0.6) is 0 Å². The quantitative estimate of drug-likeness (QED) is 0.619. The predicted molar refractivity (Wildman–Crippen MR) is 85.4 cm³/mol. The zero-order valence-corrected chi connectivity index (χ0v) is 13.1. The molecule has 0 unspecified atom stereocenters. The van der Waals surface area contributed by atoms with Gasteiger partial charge in [-0.2, -0.15) is 11.8 Å². The first-order chi connectivity index (χ1) is 10.6. The Kier molecular flexibility index (Phi) is 4.40. The highest BCUT2D eigenvalue weighted by Crippen LogP contribution is 2.37. The molecule has 22 heavy (non-hydrogen) atoms. The van der Waals surface area contributed by atoms with Gasteiger partial charge in [0.05, 0.1) is 6.10 Å². The number of imide groups is 1. The van der Waals surface area contributed by atoms with E-state index in [0.29, 0.717) is 19.4 Å². The normalized spacial score (nSPS) is 27.1. The molecule has 6 heteroatoms. The lowest BCUT2D eigenvalue weighted by molar-refractivity contribution is -0.138. The van der Waals surface area contributed by atoms with E-state index in [1.54, 1.807) is 11.8 Å². The SMILES string of the molecule is O=C1NC2(CC(O)C2)C(=O)N1CCCSCc1ccccc1. The summed E-state index contributed by atoms with van der Waals surface area (Å²) < 4.78 is 0. The molecule has 0 radical (unpaired) electrons. The Morgan fingerprint density at radius 2 is 2.00 bits per heavy atom. The van der Waals surface area contributed by atoms with Gasteiger partial charge in [0.25, 0.3) is 5.91 Å². The summed E-state index contributed by atoms with van der Waals surface area (Å²) in [5.41, 5.74) is 0.470. The molecule has 1 saturated carbocycles. The first kappa shape index (κ1) is 15.4. The van der Waals surface area contributed by atoms with E-state index in [2.05, 4.69) is 17.4 Å².